The third-order valence-electron chi connectivity index (χ3n) is 5.80. The first-order chi connectivity index (χ1) is 15.5. The minimum Gasteiger partial charge on any atom is -0.394 e. The summed E-state index contributed by atoms with van der Waals surface area (Å²) in [5.41, 5.74) is 2.02. The molecule has 0 aliphatic carbocycles. The number of amides is 1. The van der Waals surface area contributed by atoms with Crippen LogP contribution in [0.1, 0.15) is 23.2 Å². The molecule has 2 aromatic heterocycles. The highest BCUT2D eigenvalue weighted by Crippen LogP contribution is 2.22. The van der Waals surface area contributed by atoms with Crippen LogP contribution in [-0.2, 0) is 0 Å². The predicted octanol–water partition coefficient (Wildman–Crippen LogP) is 2.51. The molecule has 1 atom stereocenters. The fraction of sp³-hybridized carbons (Fsp3) is 0.217. The number of hydrogen-bond donors (Lipinski definition) is 2. The van der Waals surface area contributed by atoms with E-state index in [-0.39, 0.29) is 29.7 Å². The lowest BCUT2D eigenvalue weighted by Crippen LogP contribution is -2.37. The van der Waals surface area contributed by atoms with Gasteiger partial charge in [0, 0.05) is 23.0 Å². The zero-order valence-corrected chi connectivity index (χ0v) is 17.0. The van der Waals surface area contributed by atoms with Crippen LogP contribution in [0.15, 0.2) is 59.5 Å². The second kappa shape index (κ2) is 8.01. The Hall–Kier alpha value is -3.85. The van der Waals surface area contributed by atoms with Crippen molar-refractivity contribution in [2.24, 2.45) is 0 Å². The van der Waals surface area contributed by atoms with Gasteiger partial charge in [0.1, 0.15) is 11.5 Å². The van der Waals surface area contributed by atoms with Gasteiger partial charge in [0.25, 0.3) is 11.5 Å². The second-order valence-electron chi connectivity index (χ2n) is 7.82. The standard InChI is InChI=1S/C23H20FN5O3/c24-16-5-8-20-15(10-16)11-19(22(31)25-20)21-12-29(27-26-21)17-6-3-14(4-7-17)23(32)28-9-1-2-18(28)13-30/h3-8,10-12,18,30H,1-2,9,13H2,(H,25,31)/t18-/m1/s1. The molecule has 0 unspecified atom stereocenters. The maximum atomic E-state index is 13.6. The molecule has 1 aliphatic rings. The van der Waals surface area contributed by atoms with Gasteiger partial charge >= 0.3 is 0 Å². The number of carbonyl (C=O) groups is 1. The number of pyridine rings is 1. The number of halogens is 1. The molecule has 1 fully saturated rings. The number of aliphatic hydroxyl groups is 1. The molecule has 1 aliphatic heterocycles. The van der Waals surface area contributed by atoms with Crippen molar-refractivity contribution in [3.63, 3.8) is 0 Å². The van der Waals surface area contributed by atoms with Crippen LogP contribution in [0.25, 0.3) is 27.8 Å². The number of benzene rings is 2. The fourth-order valence-electron chi connectivity index (χ4n) is 4.10. The summed E-state index contributed by atoms with van der Waals surface area (Å²) in [6.07, 6.45) is 3.30. The van der Waals surface area contributed by atoms with Crippen molar-refractivity contribution in [1.82, 2.24) is 24.9 Å². The second-order valence-corrected chi connectivity index (χ2v) is 7.82. The van der Waals surface area contributed by atoms with E-state index in [0.29, 0.717) is 34.4 Å². The number of fused-ring (bicyclic) bond motifs is 1. The van der Waals surface area contributed by atoms with Crippen LogP contribution in [0, 0.1) is 5.82 Å². The molecular weight excluding hydrogens is 413 g/mol. The molecule has 1 saturated heterocycles. The first-order valence-corrected chi connectivity index (χ1v) is 10.3. The lowest BCUT2D eigenvalue weighted by atomic mass is 10.1. The van der Waals surface area contributed by atoms with Gasteiger partial charge < -0.3 is 15.0 Å². The molecule has 5 rings (SSSR count). The lowest BCUT2D eigenvalue weighted by molar-refractivity contribution is 0.0677. The van der Waals surface area contributed by atoms with E-state index in [4.69, 9.17) is 0 Å². The Morgan fingerprint density at radius 2 is 2.00 bits per heavy atom. The maximum Gasteiger partial charge on any atom is 0.258 e. The van der Waals surface area contributed by atoms with Crippen LogP contribution >= 0.6 is 0 Å². The molecule has 2 aromatic carbocycles. The highest BCUT2D eigenvalue weighted by Gasteiger charge is 2.28. The number of rotatable bonds is 4. The summed E-state index contributed by atoms with van der Waals surface area (Å²) in [6.45, 7) is 0.606. The summed E-state index contributed by atoms with van der Waals surface area (Å²) in [6, 6.07) is 12.5. The summed E-state index contributed by atoms with van der Waals surface area (Å²) in [4.78, 5) is 29.6. The topological polar surface area (TPSA) is 104 Å². The first-order valence-electron chi connectivity index (χ1n) is 10.3. The smallest absolute Gasteiger partial charge is 0.258 e. The Kier molecular flexibility index (Phi) is 5.02. The molecule has 0 saturated carbocycles. The number of likely N-dealkylation sites (tertiary alicyclic amines) is 1. The van der Waals surface area contributed by atoms with Crippen molar-refractivity contribution < 1.29 is 14.3 Å². The Morgan fingerprint density at radius 1 is 1.19 bits per heavy atom. The average molecular weight is 433 g/mol. The molecule has 3 heterocycles. The molecule has 9 heteroatoms. The number of carbonyl (C=O) groups excluding carboxylic acids is 1. The van der Waals surface area contributed by atoms with Crippen LogP contribution in [0.3, 0.4) is 0 Å². The van der Waals surface area contributed by atoms with Gasteiger partial charge in [-0.3, -0.25) is 9.59 Å². The van der Waals surface area contributed by atoms with Gasteiger partial charge in [-0.1, -0.05) is 5.21 Å². The average Bonchev–Trinajstić information content (AvgIpc) is 3.48. The van der Waals surface area contributed by atoms with Gasteiger partial charge in [-0.25, -0.2) is 9.07 Å². The molecular formula is C23H20FN5O3. The number of hydrogen-bond acceptors (Lipinski definition) is 5. The van der Waals surface area contributed by atoms with E-state index < -0.39 is 5.82 Å². The SMILES string of the molecule is O=C(c1ccc(-n2cc(-c3cc4cc(F)ccc4[nH]c3=O)nn2)cc1)N1CCC[C@@H]1CO. The Labute approximate surface area is 181 Å². The van der Waals surface area contributed by atoms with E-state index in [0.717, 1.165) is 12.8 Å². The van der Waals surface area contributed by atoms with Crippen molar-refractivity contribution in [2.75, 3.05) is 13.2 Å². The number of H-pyrrole nitrogens is 1. The van der Waals surface area contributed by atoms with E-state index in [1.165, 1.54) is 22.9 Å². The van der Waals surface area contributed by atoms with Crippen LogP contribution in [0.2, 0.25) is 0 Å². The van der Waals surface area contributed by atoms with E-state index in [9.17, 15) is 19.1 Å². The highest BCUT2D eigenvalue weighted by molar-refractivity contribution is 5.94. The van der Waals surface area contributed by atoms with Crippen molar-refractivity contribution in [1.29, 1.82) is 0 Å². The quantitative estimate of drug-likeness (QED) is 0.515. The predicted molar refractivity (Wildman–Crippen MR) is 116 cm³/mol. The van der Waals surface area contributed by atoms with Gasteiger partial charge in [-0.15, -0.1) is 5.10 Å². The summed E-state index contributed by atoms with van der Waals surface area (Å²) in [5, 5.41) is 18.2. The maximum absolute atomic E-state index is 13.6. The van der Waals surface area contributed by atoms with E-state index in [1.807, 2.05) is 0 Å². The van der Waals surface area contributed by atoms with Gasteiger partial charge in [0.15, 0.2) is 0 Å². The zero-order valence-electron chi connectivity index (χ0n) is 17.0. The van der Waals surface area contributed by atoms with Gasteiger partial charge in [-0.05, 0) is 61.4 Å². The van der Waals surface area contributed by atoms with Crippen LogP contribution in [-0.4, -0.2) is 55.1 Å². The summed E-state index contributed by atoms with van der Waals surface area (Å²) >= 11 is 0. The lowest BCUT2D eigenvalue weighted by Gasteiger charge is -2.23. The number of aliphatic hydroxyl groups excluding tert-OH is 1. The highest BCUT2D eigenvalue weighted by atomic mass is 19.1. The van der Waals surface area contributed by atoms with Gasteiger partial charge in [0.2, 0.25) is 0 Å². The molecule has 32 heavy (non-hydrogen) atoms. The van der Waals surface area contributed by atoms with E-state index >= 15 is 0 Å². The minimum absolute atomic E-state index is 0.0356. The van der Waals surface area contributed by atoms with Crippen LogP contribution < -0.4 is 5.56 Å². The molecule has 162 valence electrons. The van der Waals surface area contributed by atoms with Crippen molar-refractivity contribution in [3.8, 4) is 16.9 Å². The zero-order chi connectivity index (χ0) is 22.2. The molecule has 0 radical (unpaired) electrons. The minimum atomic E-state index is -0.395. The number of nitrogens with one attached hydrogen (secondary N) is 1. The Balaban J connectivity index is 1.41. The van der Waals surface area contributed by atoms with E-state index in [2.05, 4.69) is 15.3 Å². The summed E-state index contributed by atoms with van der Waals surface area (Å²) in [7, 11) is 0. The number of nitrogens with zero attached hydrogens (tertiary/aromatic N) is 4. The third kappa shape index (κ3) is 3.56. The van der Waals surface area contributed by atoms with Gasteiger partial charge in [-0.2, -0.15) is 0 Å². The number of aromatic nitrogens is 4. The Bertz CT molecular complexity index is 1360. The largest absolute Gasteiger partial charge is 0.394 e. The van der Waals surface area contributed by atoms with Crippen molar-refractivity contribution >= 4 is 16.8 Å². The van der Waals surface area contributed by atoms with E-state index in [1.54, 1.807) is 41.4 Å². The molecule has 8 nitrogen and oxygen atoms in total. The Morgan fingerprint density at radius 3 is 2.78 bits per heavy atom. The monoisotopic (exact) mass is 433 g/mol. The molecule has 0 spiro atoms. The fourth-order valence-corrected chi connectivity index (χ4v) is 4.10. The van der Waals surface area contributed by atoms with Gasteiger partial charge in [0.05, 0.1) is 30.1 Å². The molecule has 0 bridgehead atoms. The van der Waals surface area contributed by atoms with Crippen LogP contribution in [0.5, 0.6) is 0 Å². The summed E-state index contributed by atoms with van der Waals surface area (Å²) in [5.74, 6) is -0.504. The van der Waals surface area contributed by atoms with Crippen LogP contribution in [0.4, 0.5) is 4.39 Å². The normalized spacial score (nSPS) is 16.1. The molecule has 4 aromatic rings. The molecule has 1 amide bonds. The first kappa shape index (κ1) is 20.1. The third-order valence-corrected chi connectivity index (χ3v) is 5.80. The summed E-state index contributed by atoms with van der Waals surface area (Å²) < 4.78 is 15.1. The number of aromatic amines is 1. The van der Waals surface area contributed by atoms with Crippen molar-refractivity contribution in [3.05, 3.63) is 76.5 Å². The molecule has 2 N–H and O–H groups in total. The van der Waals surface area contributed by atoms with Crippen molar-refractivity contribution in [2.45, 2.75) is 18.9 Å².